The molecule has 0 fully saturated rings. The molecule has 1 heterocycles. The Hall–Kier alpha value is -1.81. The Morgan fingerprint density at radius 1 is 1.10 bits per heavy atom. The minimum Gasteiger partial charge on any atom is -0.392 e. The molecule has 0 atom stereocenters. The lowest BCUT2D eigenvalue weighted by atomic mass is 10.1. The number of anilines is 1. The van der Waals surface area contributed by atoms with Crippen molar-refractivity contribution >= 4 is 5.69 Å². The standard InChI is InChI=1S/C17H26N3O/c1-12-9-16(18(5)6)10-13(2)17(12)20-11-19(7-8-21)14(3)15(20)4/h9-11,21H,7-8H2,1-6H3/q+1. The third-order valence-electron chi connectivity index (χ3n) is 4.14. The molecule has 0 bridgehead atoms. The van der Waals surface area contributed by atoms with Crippen LogP contribution in [-0.2, 0) is 6.54 Å². The van der Waals surface area contributed by atoms with E-state index in [1.54, 1.807) is 0 Å². The van der Waals surface area contributed by atoms with E-state index in [0.717, 1.165) is 0 Å². The Bertz CT molecular complexity index is 633. The van der Waals surface area contributed by atoms with Gasteiger partial charge in [0, 0.05) is 33.6 Å². The SMILES string of the molecule is Cc1cc(N(C)C)cc(C)c1-n1c[n+](CCO)c(C)c1C. The molecule has 0 amide bonds. The van der Waals surface area contributed by atoms with Crippen molar-refractivity contribution < 1.29 is 9.67 Å². The fourth-order valence-electron chi connectivity index (χ4n) is 2.82. The third kappa shape index (κ3) is 2.81. The first kappa shape index (κ1) is 15.6. The summed E-state index contributed by atoms with van der Waals surface area (Å²) in [6, 6.07) is 4.43. The highest BCUT2D eigenvalue weighted by atomic mass is 16.3. The molecule has 2 rings (SSSR count). The van der Waals surface area contributed by atoms with Gasteiger partial charge < -0.3 is 10.0 Å². The second-order valence-corrected chi connectivity index (χ2v) is 5.90. The van der Waals surface area contributed by atoms with Crippen LogP contribution < -0.4 is 9.47 Å². The number of nitrogens with zero attached hydrogens (tertiary/aromatic N) is 3. The Morgan fingerprint density at radius 3 is 2.14 bits per heavy atom. The summed E-state index contributed by atoms with van der Waals surface area (Å²) in [5, 5.41) is 9.19. The van der Waals surface area contributed by atoms with E-state index in [1.807, 2.05) is 0 Å². The maximum absolute atomic E-state index is 9.19. The number of aryl methyl sites for hydroxylation is 2. The fraction of sp³-hybridized carbons (Fsp3) is 0.471. The van der Waals surface area contributed by atoms with E-state index in [9.17, 15) is 5.11 Å². The zero-order valence-electron chi connectivity index (χ0n) is 13.9. The van der Waals surface area contributed by atoms with E-state index in [2.05, 4.69) is 74.3 Å². The monoisotopic (exact) mass is 288 g/mol. The Morgan fingerprint density at radius 2 is 1.67 bits per heavy atom. The molecular formula is C17H26N3O+. The van der Waals surface area contributed by atoms with Crippen molar-refractivity contribution in [3.8, 4) is 5.69 Å². The molecule has 1 aromatic carbocycles. The summed E-state index contributed by atoms with van der Waals surface area (Å²) in [5.41, 5.74) is 7.38. The van der Waals surface area contributed by atoms with E-state index in [-0.39, 0.29) is 6.61 Å². The number of aromatic nitrogens is 2. The fourth-order valence-corrected chi connectivity index (χ4v) is 2.82. The summed E-state index contributed by atoms with van der Waals surface area (Å²) in [4.78, 5) is 2.13. The van der Waals surface area contributed by atoms with Crippen molar-refractivity contribution in [1.29, 1.82) is 0 Å². The van der Waals surface area contributed by atoms with Gasteiger partial charge in [-0.2, -0.15) is 4.57 Å². The maximum atomic E-state index is 9.19. The summed E-state index contributed by atoms with van der Waals surface area (Å²) in [6.45, 7) is 9.32. The second kappa shape index (κ2) is 5.90. The van der Waals surface area contributed by atoms with Crippen LogP contribution >= 0.6 is 0 Å². The van der Waals surface area contributed by atoms with Crippen LogP contribution in [0.5, 0.6) is 0 Å². The molecule has 0 saturated heterocycles. The van der Waals surface area contributed by atoms with Gasteiger partial charge >= 0.3 is 0 Å². The quantitative estimate of drug-likeness (QED) is 0.873. The van der Waals surface area contributed by atoms with Crippen LogP contribution in [0.1, 0.15) is 22.5 Å². The predicted octanol–water partition coefficient (Wildman–Crippen LogP) is 2.06. The molecule has 0 aliphatic rings. The van der Waals surface area contributed by atoms with Crippen molar-refractivity contribution in [3.63, 3.8) is 0 Å². The lowest BCUT2D eigenvalue weighted by molar-refractivity contribution is -0.703. The van der Waals surface area contributed by atoms with Crippen LogP contribution in [0.4, 0.5) is 5.69 Å². The van der Waals surface area contributed by atoms with E-state index < -0.39 is 0 Å². The summed E-state index contributed by atoms with van der Waals surface area (Å²) < 4.78 is 4.34. The molecule has 4 heteroatoms. The Labute approximate surface area is 127 Å². The zero-order chi connectivity index (χ0) is 15.7. The van der Waals surface area contributed by atoms with E-state index >= 15 is 0 Å². The number of rotatable bonds is 4. The van der Waals surface area contributed by atoms with Crippen molar-refractivity contribution in [2.24, 2.45) is 0 Å². The van der Waals surface area contributed by atoms with Gasteiger partial charge in [0.15, 0.2) is 0 Å². The number of imidazole rings is 1. The first-order chi connectivity index (χ1) is 9.86. The normalized spacial score (nSPS) is 11.0. The summed E-state index contributed by atoms with van der Waals surface area (Å²) >= 11 is 0. The van der Waals surface area contributed by atoms with Gasteiger partial charge in [0.05, 0.1) is 6.61 Å². The average molecular weight is 288 g/mol. The van der Waals surface area contributed by atoms with Crippen molar-refractivity contribution in [3.05, 3.63) is 41.0 Å². The number of benzene rings is 1. The molecule has 0 aliphatic carbocycles. The smallest absolute Gasteiger partial charge is 0.249 e. The first-order valence-electron chi connectivity index (χ1n) is 7.34. The van der Waals surface area contributed by atoms with Crippen LogP contribution in [-0.4, -0.2) is 30.4 Å². The van der Waals surface area contributed by atoms with Crippen LogP contribution in [0.2, 0.25) is 0 Å². The predicted molar refractivity (Wildman–Crippen MR) is 86.3 cm³/mol. The van der Waals surface area contributed by atoms with Gasteiger partial charge in [0.2, 0.25) is 6.33 Å². The van der Waals surface area contributed by atoms with Crippen LogP contribution in [0, 0.1) is 27.7 Å². The summed E-state index contributed by atoms with van der Waals surface area (Å²) in [7, 11) is 4.13. The van der Waals surface area contributed by atoms with Crippen LogP contribution in [0.25, 0.3) is 5.69 Å². The first-order valence-corrected chi connectivity index (χ1v) is 7.34. The Balaban J connectivity index is 2.60. The van der Waals surface area contributed by atoms with Gasteiger partial charge in [-0.3, -0.25) is 0 Å². The van der Waals surface area contributed by atoms with Crippen molar-refractivity contribution in [1.82, 2.24) is 4.57 Å². The molecule has 2 aromatic rings. The number of hydrogen-bond acceptors (Lipinski definition) is 2. The average Bonchev–Trinajstić information content (AvgIpc) is 2.67. The molecule has 0 spiro atoms. The molecule has 4 nitrogen and oxygen atoms in total. The Kier molecular flexibility index (Phi) is 4.37. The molecular weight excluding hydrogens is 262 g/mol. The van der Waals surface area contributed by atoms with Gasteiger partial charge in [-0.15, -0.1) is 0 Å². The molecule has 1 N–H and O–H groups in total. The van der Waals surface area contributed by atoms with Gasteiger partial charge in [0.1, 0.15) is 23.6 Å². The number of aliphatic hydroxyl groups excluding tert-OH is 1. The van der Waals surface area contributed by atoms with Gasteiger partial charge in [-0.1, -0.05) is 0 Å². The van der Waals surface area contributed by atoms with Crippen LogP contribution in [0.15, 0.2) is 18.5 Å². The lowest BCUT2D eigenvalue weighted by Gasteiger charge is -2.16. The summed E-state index contributed by atoms with van der Waals surface area (Å²) in [5.74, 6) is 0. The second-order valence-electron chi connectivity index (χ2n) is 5.90. The van der Waals surface area contributed by atoms with E-state index in [1.165, 1.54) is 33.9 Å². The molecule has 21 heavy (non-hydrogen) atoms. The molecule has 0 unspecified atom stereocenters. The zero-order valence-corrected chi connectivity index (χ0v) is 13.9. The largest absolute Gasteiger partial charge is 0.392 e. The molecule has 0 aliphatic heterocycles. The number of aliphatic hydroxyl groups is 1. The minimum atomic E-state index is 0.159. The highest BCUT2D eigenvalue weighted by Gasteiger charge is 2.21. The molecule has 0 radical (unpaired) electrons. The van der Waals surface area contributed by atoms with Crippen LogP contribution in [0.3, 0.4) is 0 Å². The van der Waals surface area contributed by atoms with Gasteiger partial charge in [-0.05, 0) is 37.1 Å². The highest BCUT2D eigenvalue weighted by Crippen LogP contribution is 2.26. The molecule has 1 aromatic heterocycles. The van der Waals surface area contributed by atoms with Crippen molar-refractivity contribution in [2.75, 3.05) is 25.6 Å². The van der Waals surface area contributed by atoms with Gasteiger partial charge in [-0.25, -0.2) is 4.57 Å². The van der Waals surface area contributed by atoms with E-state index in [0.29, 0.717) is 6.54 Å². The molecule has 114 valence electrons. The maximum Gasteiger partial charge on any atom is 0.249 e. The minimum absolute atomic E-state index is 0.159. The third-order valence-corrected chi connectivity index (χ3v) is 4.14. The van der Waals surface area contributed by atoms with Gasteiger partial charge in [0.25, 0.3) is 0 Å². The topological polar surface area (TPSA) is 32.3 Å². The van der Waals surface area contributed by atoms with Crippen molar-refractivity contribution in [2.45, 2.75) is 34.2 Å². The number of hydrogen-bond donors (Lipinski definition) is 1. The highest BCUT2D eigenvalue weighted by molar-refractivity contribution is 5.59. The lowest BCUT2D eigenvalue weighted by Crippen LogP contribution is -2.36. The van der Waals surface area contributed by atoms with E-state index in [4.69, 9.17) is 0 Å². The summed E-state index contributed by atoms with van der Waals surface area (Å²) in [6.07, 6.45) is 2.09. The molecule has 0 saturated carbocycles.